The summed E-state index contributed by atoms with van der Waals surface area (Å²) in [6, 6.07) is 2.12. The van der Waals surface area contributed by atoms with E-state index < -0.39 is 0 Å². The van der Waals surface area contributed by atoms with Crippen molar-refractivity contribution in [3.05, 3.63) is 29.2 Å². The van der Waals surface area contributed by atoms with Crippen molar-refractivity contribution in [2.75, 3.05) is 25.5 Å². The summed E-state index contributed by atoms with van der Waals surface area (Å²) in [6.07, 6.45) is 3.74. The molecule has 0 aromatic carbocycles. The maximum absolute atomic E-state index is 12.5. The molecule has 0 radical (unpaired) electrons. The summed E-state index contributed by atoms with van der Waals surface area (Å²) in [5, 5.41) is 11.7. The molecule has 0 spiro atoms. The highest BCUT2D eigenvalue weighted by Gasteiger charge is 2.22. The maximum Gasteiger partial charge on any atom is 0.247 e. The van der Waals surface area contributed by atoms with Crippen molar-refractivity contribution < 1.29 is 9.59 Å². The van der Waals surface area contributed by atoms with Gasteiger partial charge in [0.05, 0.1) is 23.5 Å². The topological polar surface area (TPSA) is 85.0 Å². The van der Waals surface area contributed by atoms with Crippen molar-refractivity contribution >= 4 is 17.5 Å². The number of likely N-dealkylation sites (tertiary alicyclic amines) is 1. The average Bonchev–Trinajstić information content (AvgIpc) is 3.13. The minimum absolute atomic E-state index is 0.0352. The lowest BCUT2D eigenvalue weighted by Gasteiger charge is -2.30. The molecule has 1 fully saturated rings. The zero-order valence-corrected chi connectivity index (χ0v) is 15.8. The number of hydrogen-bond donors (Lipinski definition) is 1. The van der Waals surface area contributed by atoms with Gasteiger partial charge in [-0.15, -0.1) is 0 Å². The highest BCUT2D eigenvalue weighted by molar-refractivity contribution is 5.96. The molecule has 26 heavy (non-hydrogen) atoms. The molecule has 140 valence electrons. The van der Waals surface area contributed by atoms with Crippen LogP contribution in [0.2, 0.25) is 0 Å². The van der Waals surface area contributed by atoms with Crippen molar-refractivity contribution in [1.82, 2.24) is 24.5 Å². The van der Waals surface area contributed by atoms with Crippen LogP contribution < -0.4 is 5.32 Å². The van der Waals surface area contributed by atoms with Crippen molar-refractivity contribution in [2.45, 2.75) is 46.2 Å². The molecular formula is C18H26N6O2. The van der Waals surface area contributed by atoms with E-state index in [2.05, 4.69) is 27.5 Å². The van der Waals surface area contributed by atoms with Crippen LogP contribution in [0, 0.1) is 13.8 Å². The Bertz CT molecular complexity index is 814. The summed E-state index contributed by atoms with van der Waals surface area (Å²) in [5.41, 5.74) is 1.96. The number of aryl methyl sites for hydroxylation is 1. The standard InChI is InChI=1S/C18H26N6O2/c1-12-18(14(3)25)13(2)23(21-12)11-17(26)20-16-5-8-19-24(16)15-6-9-22(4)10-7-15/h5,8,15H,6-7,9-11H2,1-4H3,(H,20,26). The normalized spacial score (nSPS) is 16.0. The molecule has 8 nitrogen and oxygen atoms in total. The van der Waals surface area contributed by atoms with Crippen LogP contribution in [0.3, 0.4) is 0 Å². The molecule has 1 aliphatic rings. The van der Waals surface area contributed by atoms with Gasteiger partial charge in [-0.2, -0.15) is 10.2 Å². The number of piperidine rings is 1. The van der Waals surface area contributed by atoms with Gasteiger partial charge in [-0.25, -0.2) is 4.68 Å². The fraction of sp³-hybridized carbons (Fsp3) is 0.556. The predicted octanol–water partition coefficient (Wildman–Crippen LogP) is 1.80. The second kappa shape index (κ2) is 7.41. The average molecular weight is 358 g/mol. The van der Waals surface area contributed by atoms with Crippen molar-refractivity contribution in [1.29, 1.82) is 0 Å². The third-order valence-corrected chi connectivity index (χ3v) is 5.00. The minimum Gasteiger partial charge on any atom is -0.309 e. The van der Waals surface area contributed by atoms with E-state index in [0.29, 0.717) is 28.8 Å². The van der Waals surface area contributed by atoms with Gasteiger partial charge in [0.1, 0.15) is 12.4 Å². The second-order valence-corrected chi connectivity index (χ2v) is 7.00. The van der Waals surface area contributed by atoms with E-state index in [4.69, 9.17) is 0 Å². The molecule has 3 rings (SSSR count). The number of rotatable bonds is 5. The first-order valence-electron chi connectivity index (χ1n) is 8.93. The summed E-state index contributed by atoms with van der Waals surface area (Å²) in [5.74, 6) is 0.491. The number of nitrogens with one attached hydrogen (secondary N) is 1. The summed E-state index contributed by atoms with van der Waals surface area (Å²) >= 11 is 0. The van der Waals surface area contributed by atoms with Crippen LogP contribution in [-0.2, 0) is 11.3 Å². The maximum atomic E-state index is 12.5. The van der Waals surface area contributed by atoms with Crippen LogP contribution in [-0.4, -0.2) is 56.3 Å². The molecule has 0 saturated carbocycles. The molecule has 1 amide bonds. The Kier molecular flexibility index (Phi) is 5.22. The van der Waals surface area contributed by atoms with Gasteiger partial charge in [0.25, 0.3) is 0 Å². The largest absolute Gasteiger partial charge is 0.309 e. The van der Waals surface area contributed by atoms with Gasteiger partial charge in [-0.1, -0.05) is 0 Å². The lowest BCUT2D eigenvalue weighted by atomic mass is 10.1. The highest BCUT2D eigenvalue weighted by atomic mass is 16.2. The molecule has 1 aliphatic heterocycles. The smallest absolute Gasteiger partial charge is 0.247 e. The SMILES string of the molecule is CC(=O)c1c(C)nn(CC(=O)Nc2ccnn2C2CCN(C)CC2)c1C. The Morgan fingerprint density at radius 3 is 2.58 bits per heavy atom. The molecule has 8 heteroatoms. The first kappa shape index (κ1) is 18.3. The highest BCUT2D eigenvalue weighted by Crippen LogP contribution is 2.24. The van der Waals surface area contributed by atoms with E-state index in [0.717, 1.165) is 25.9 Å². The molecule has 0 aliphatic carbocycles. The number of carbonyl (C=O) groups is 2. The number of anilines is 1. The van der Waals surface area contributed by atoms with Gasteiger partial charge in [0.15, 0.2) is 5.78 Å². The van der Waals surface area contributed by atoms with Crippen molar-refractivity contribution in [2.24, 2.45) is 0 Å². The third kappa shape index (κ3) is 3.70. The molecule has 1 N–H and O–H groups in total. The van der Waals surface area contributed by atoms with Crippen LogP contribution in [0.15, 0.2) is 12.3 Å². The van der Waals surface area contributed by atoms with Crippen LogP contribution in [0.4, 0.5) is 5.82 Å². The first-order chi connectivity index (χ1) is 12.4. The van der Waals surface area contributed by atoms with Crippen molar-refractivity contribution in [3.8, 4) is 0 Å². The number of ketones is 1. The third-order valence-electron chi connectivity index (χ3n) is 5.00. The number of hydrogen-bond acceptors (Lipinski definition) is 5. The van der Waals surface area contributed by atoms with Crippen LogP contribution in [0.25, 0.3) is 0 Å². The number of nitrogens with zero attached hydrogens (tertiary/aromatic N) is 5. The Morgan fingerprint density at radius 2 is 1.96 bits per heavy atom. The first-order valence-corrected chi connectivity index (χ1v) is 8.93. The van der Waals surface area contributed by atoms with E-state index >= 15 is 0 Å². The van der Waals surface area contributed by atoms with E-state index in [-0.39, 0.29) is 18.2 Å². The molecule has 0 unspecified atom stereocenters. The lowest BCUT2D eigenvalue weighted by molar-refractivity contribution is -0.117. The number of amides is 1. The van der Waals surface area contributed by atoms with E-state index in [1.165, 1.54) is 6.92 Å². The quantitative estimate of drug-likeness (QED) is 0.824. The second-order valence-electron chi connectivity index (χ2n) is 7.00. The monoisotopic (exact) mass is 358 g/mol. The van der Waals surface area contributed by atoms with Gasteiger partial charge in [0, 0.05) is 11.8 Å². The molecule has 0 atom stereocenters. The Morgan fingerprint density at radius 1 is 1.27 bits per heavy atom. The Hall–Kier alpha value is -2.48. The molecule has 2 aromatic rings. The van der Waals surface area contributed by atoms with Gasteiger partial charge in [0.2, 0.25) is 5.91 Å². The molecule has 2 aromatic heterocycles. The summed E-state index contributed by atoms with van der Waals surface area (Å²) in [6.45, 7) is 7.23. The van der Waals surface area contributed by atoms with Gasteiger partial charge in [-0.3, -0.25) is 14.3 Å². The number of aromatic nitrogens is 4. The summed E-state index contributed by atoms with van der Waals surface area (Å²) in [7, 11) is 2.12. The fourth-order valence-electron chi connectivity index (χ4n) is 3.62. The molecule has 1 saturated heterocycles. The lowest BCUT2D eigenvalue weighted by Crippen LogP contribution is -2.32. The summed E-state index contributed by atoms with van der Waals surface area (Å²) < 4.78 is 3.49. The van der Waals surface area contributed by atoms with Gasteiger partial charge < -0.3 is 10.2 Å². The molecule has 3 heterocycles. The number of Topliss-reactive ketones (excluding diaryl/α,β-unsaturated/α-hetero) is 1. The number of carbonyl (C=O) groups excluding carboxylic acids is 2. The van der Waals surface area contributed by atoms with Crippen LogP contribution in [0.5, 0.6) is 0 Å². The zero-order chi connectivity index (χ0) is 18.8. The van der Waals surface area contributed by atoms with E-state index in [1.807, 2.05) is 17.7 Å². The molecule has 0 bridgehead atoms. The van der Waals surface area contributed by atoms with E-state index in [1.54, 1.807) is 17.8 Å². The van der Waals surface area contributed by atoms with Gasteiger partial charge >= 0.3 is 0 Å². The predicted molar refractivity (Wildman–Crippen MR) is 98.3 cm³/mol. The van der Waals surface area contributed by atoms with E-state index in [9.17, 15) is 9.59 Å². The van der Waals surface area contributed by atoms with Crippen molar-refractivity contribution in [3.63, 3.8) is 0 Å². The Balaban J connectivity index is 1.69. The van der Waals surface area contributed by atoms with Gasteiger partial charge in [-0.05, 0) is 53.8 Å². The molecular weight excluding hydrogens is 332 g/mol. The van der Waals surface area contributed by atoms with Crippen LogP contribution in [0.1, 0.15) is 47.6 Å². The Labute approximate surface area is 153 Å². The fourth-order valence-corrected chi connectivity index (χ4v) is 3.62. The van der Waals surface area contributed by atoms with Crippen LogP contribution >= 0.6 is 0 Å². The summed E-state index contributed by atoms with van der Waals surface area (Å²) in [4.78, 5) is 26.5. The minimum atomic E-state index is -0.180. The zero-order valence-electron chi connectivity index (χ0n) is 15.8.